The number of aryl methyl sites for hydroxylation is 1. The van der Waals surface area contributed by atoms with Crippen LogP contribution in [0, 0.1) is 6.92 Å². The molecular weight excluding hydrogens is 420 g/mol. The van der Waals surface area contributed by atoms with Crippen molar-refractivity contribution in [2.24, 2.45) is 0 Å². The zero-order valence-corrected chi connectivity index (χ0v) is 16.9. The summed E-state index contributed by atoms with van der Waals surface area (Å²) in [6.07, 6.45) is -2.13. The van der Waals surface area contributed by atoms with E-state index < -0.39 is 52.4 Å². The van der Waals surface area contributed by atoms with Gasteiger partial charge in [0.15, 0.2) is 6.23 Å². The molecule has 3 heterocycles. The third-order valence-corrected chi connectivity index (χ3v) is 6.13. The number of aromatic amines is 1. The second-order valence-electron chi connectivity index (χ2n) is 6.86. The lowest BCUT2D eigenvalue weighted by Crippen LogP contribution is -2.36. The number of hydrogen-bond acceptors (Lipinski definition) is 9. The standard InChI is InChI=1S/C18H20N2O9S/c1-10-3-5-11(6-4-10)30(23,24)26-9-12-14-15(29-18(25-2)28-14)16(27-12)20-8-7-13(21)19-17(20)22/h3-8,12,14-16,18H,9H2,1-2H3,(H,19,21,22)/t12-,14-,15-,16-,18?/m1/s1. The molecule has 2 fully saturated rings. The van der Waals surface area contributed by atoms with Crippen LogP contribution in [0.1, 0.15) is 11.8 Å². The molecule has 2 aliphatic heterocycles. The zero-order chi connectivity index (χ0) is 21.5. The first-order valence-electron chi connectivity index (χ1n) is 9.05. The van der Waals surface area contributed by atoms with Crippen molar-refractivity contribution in [1.29, 1.82) is 0 Å². The van der Waals surface area contributed by atoms with E-state index in [1.165, 1.54) is 25.4 Å². The van der Waals surface area contributed by atoms with Crippen LogP contribution in [0.2, 0.25) is 0 Å². The Morgan fingerprint density at radius 3 is 2.43 bits per heavy atom. The molecule has 1 aromatic heterocycles. The van der Waals surface area contributed by atoms with Gasteiger partial charge in [-0.25, -0.2) is 4.79 Å². The van der Waals surface area contributed by atoms with Gasteiger partial charge < -0.3 is 18.9 Å². The first kappa shape index (κ1) is 20.9. The monoisotopic (exact) mass is 440 g/mol. The van der Waals surface area contributed by atoms with Gasteiger partial charge in [0, 0.05) is 19.4 Å². The molecule has 2 aliphatic rings. The van der Waals surface area contributed by atoms with Crippen molar-refractivity contribution in [1.82, 2.24) is 9.55 Å². The highest BCUT2D eigenvalue weighted by Crippen LogP contribution is 2.39. The Hall–Kier alpha value is -2.35. The summed E-state index contributed by atoms with van der Waals surface area (Å²) in [6.45, 7) is 0.457. The maximum absolute atomic E-state index is 12.5. The van der Waals surface area contributed by atoms with Crippen molar-refractivity contribution < 1.29 is 31.5 Å². The number of fused-ring (bicyclic) bond motifs is 1. The molecule has 0 aliphatic carbocycles. The molecule has 0 bridgehead atoms. The first-order valence-corrected chi connectivity index (χ1v) is 10.5. The van der Waals surface area contributed by atoms with Gasteiger partial charge >= 0.3 is 5.69 Å². The van der Waals surface area contributed by atoms with E-state index in [9.17, 15) is 18.0 Å². The average Bonchev–Trinajstić information content (AvgIpc) is 3.26. The van der Waals surface area contributed by atoms with Crippen LogP contribution in [0.5, 0.6) is 0 Å². The summed E-state index contributed by atoms with van der Waals surface area (Å²) in [4.78, 5) is 25.7. The highest BCUT2D eigenvalue weighted by Gasteiger charge is 2.54. The SMILES string of the molecule is COC1O[C@@H]2[C@H](O1)[C@@H](COS(=O)(=O)c1ccc(C)cc1)O[C@H]2n1ccc(=O)[nH]c1=O. The molecule has 11 nitrogen and oxygen atoms in total. The first-order chi connectivity index (χ1) is 14.3. The molecule has 162 valence electrons. The highest BCUT2D eigenvalue weighted by atomic mass is 32.2. The maximum Gasteiger partial charge on any atom is 0.330 e. The number of benzene rings is 1. The van der Waals surface area contributed by atoms with E-state index in [0.717, 1.165) is 16.2 Å². The lowest BCUT2D eigenvalue weighted by Gasteiger charge is -2.20. The largest absolute Gasteiger partial charge is 0.346 e. The van der Waals surface area contributed by atoms with E-state index in [0.29, 0.717) is 0 Å². The fourth-order valence-electron chi connectivity index (χ4n) is 3.33. The molecule has 1 unspecified atom stereocenters. The normalized spacial score (nSPS) is 28.5. The van der Waals surface area contributed by atoms with Gasteiger partial charge in [0.05, 0.1) is 11.5 Å². The van der Waals surface area contributed by atoms with E-state index >= 15 is 0 Å². The Kier molecular flexibility index (Phi) is 5.61. The summed E-state index contributed by atoms with van der Waals surface area (Å²) in [5.41, 5.74) is -0.356. The van der Waals surface area contributed by atoms with E-state index in [1.807, 2.05) is 6.92 Å². The number of aromatic nitrogens is 2. The second-order valence-corrected chi connectivity index (χ2v) is 8.48. The third-order valence-electron chi connectivity index (χ3n) is 4.84. The predicted molar refractivity (Wildman–Crippen MR) is 100 cm³/mol. The Morgan fingerprint density at radius 2 is 1.77 bits per heavy atom. The third kappa shape index (κ3) is 3.97. The molecule has 0 amide bonds. The fourth-order valence-corrected chi connectivity index (χ4v) is 4.25. The molecule has 0 spiro atoms. The minimum absolute atomic E-state index is 0.00871. The maximum atomic E-state index is 12.5. The lowest BCUT2D eigenvalue weighted by atomic mass is 10.1. The van der Waals surface area contributed by atoms with Crippen molar-refractivity contribution in [3.05, 3.63) is 62.9 Å². The summed E-state index contributed by atoms with van der Waals surface area (Å²) >= 11 is 0. The van der Waals surface area contributed by atoms with Gasteiger partial charge in [0.1, 0.15) is 18.3 Å². The highest BCUT2D eigenvalue weighted by molar-refractivity contribution is 7.86. The van der Waals surface area contributed by atoms with Gasteiger partial charge in [-0.1, -0.05) is 17.7 Å². The molecule has 2 saturated heterocycles. The van der Waals surface area contributed by atoms with Gasteiger partial charge in [-0.2, -0.15) is 8.42 Å². The van der Waals surface area contributed by atoms with Crippen molar-refractivity contribution in [3.63, 3.8) is 0 Å². The Morgan fingerprint density at radius 1 is 1.07 bits per heavy atom. The molecule has 4 rings (SSSR count). The summed E-state index contributed by atoms with van der Waals surface area (Å²) in [5.74, 6) is 0. The molecule has 5 atom stereocenters. The minimum Gasteiger partial charge on any atom is -0.346 e. The Labute approximate surface area is 171 Å². The molecule has 30 heavy (non-hydrogen) atoms. The minimum atomic E-state index is -4.03. The molecule has 12 heteroatoms. The van der Waals surface area contributed by atoms with Crippen LogP contribution in [0.3, 0.4) is 0 Å². The van der Waals surface area contributed by atoms with Crippen molar-refractivity contribution in [3.8, 4) is 0 Å². The van der Waals surface area contributed by atoms with Crippen LogP contribution < -0.4 is 11.2 Å². The average molecular weight is 440 g/mol. The van der Waals surface area contributed by atoms with Gasteiger partial charge in [-0.05, 0) is 19.1 Å². The molecule has 1 aromatic carbocycles. The number of nitrogens with one attached hydrogen (secondary N) is 1. The molecule has 1 N–H and O–H groups in total. The van der Waals surface area contributed by atoms with Gasteiger partial charge in [0.2, 0.25) is 0 Å². The smallest absolute Gasteiger partial charge is 0.330 e. The topological polar surface area (TPSA) is 135 Å². The molecule has 0 saturated carbocycles. The Bertz CT molecular complexity index is 1130. The molecule has 0 radical (unpaired) electrons. The Balaban J connectivity index is 1.55. The van der Waals surface area contributed by atoms with Gasteiger partial charge in [-0.3, -0.25) is 18.5 Å². The second kappa shape index (κ2) is 8.06. The molecular formula is C18H20N2O9S. The number of nitrogens with zero attached hydrogens (tertiary/aromatic N) is 1. The predicted octanol–water partition coefficient (Wildman–Crippen LogP) is -0.138. The van der Waals surface area contributed by atoms with Crippen LogP contribution in [-0.2, 0) is 33.2 Å². The fraction of sp³-hybridized carbons (Fsp3) is 0.444. The van der Waals surface area contributed by atoms with Crippen LogP contribution in [-0.4, -0.2) is 56.5 Å². The van der Waals surface area contributed by atoms with Crippen molar-refractivity contribution >= 4 is 10.1 Å². The van der Waals surface area contributed by atoms with Crippen LogP contribution in [0.25, 0.3) is 0 Å². The number of methoxy groups -OCH3 is 1. The van der Waals surface area contributed by atoms with Gasteiger partial charge in [-0.15, -0.1) is 0 Å². The summed E-state index contributed by atoms with van der Waals surface area (Å²) in [5, 5.41) is 0. The number of hydrogen-bond donors (Lipinski definition) is 1. The van der Waals surface area contributed by atoms with E-state index in [4.69, 9.17) is 23.1 Å². The zero-order valence-electron chi connectivity index (χ0n) is 16.1. The van der Waals surface area contributed by atoms with Crippen LogP contribution >= 0.6 is 0 Å². The number of ether oxygens (including phenoxy) is 4. The van der Waals surface area contributed by atoms with Gasteiger partial charge in [0.25, 0.3) is 22.2 Å². The van der Waals surface area contributed by atoms with E-state index in [1.54, 1.807) is 12.1 Å². The van der Waals surface area contributed by atoms with E-state index in [2.05, 4.69) is 4.98 Å². The van der Waals surface area contributed by atoms with E-state index in [-0.39, 0.29) is 11.5 Å². The summed E-state index contributed by atoms with van der Waals surface area (Å²) in [7, 11) is -2.66. The molecule has 2 aromatic rings. The number of H-pyrrole nitrogens is 1. The van der Waals surface area contributed by atoms with Crippen LogP contribution in [0.15, 0.2) is 51.0 Å². The lowest BCUT2D eigenvalue weighted by molar-refractivity contribution is -0.256. The van der Waals surface area contributed by atoms with Crippen molar-refractivity contribution in [2.45, 2.75) is 42.8 Å². The number of rotatable bonds is 6. The summed E-state index contributed by atoms with van der Waals surface area (Å²) < 4.78 is 53.4. The van der Waals surface area contributed by atoms with Crippen LogP contribution in [0.4, 0.5) is 0 Å². The van der Waals surface area contributed by atoms with Crippen molar-refractivity contribution in [2.75, 3.05) is 13.7 Å². The summed E-state index contributed by atoms with van der Waals surface area (Å²) in [6, 6.07) is 7.38. The quantitative estimate of drug-likeness (QED) is 0.609.